The molecular formula is C27H27Cl2FN4O5S. The molecule has 0 aliphatic carbocycles. The molecule has 0 unspecified atom stereocenters. The molecule has 9 nitrogen and oxygen atoms in total. The van der Waals surface area contributed by atoms with Gasteiger partial charge in [-0.1, -0.05) is 40.6 Å². The Bertz CT molecular complexity index is 1540. The molecule has 3 heterocycles. The Morgan fingerprint density at radius 1 is 1.12 bits per heavy atom. The predicted molar refractivity (Wildman–Crippen MR) is 150 cm³/mol. The minimum atomic E-state index is -0.693. The van der Waals surface area contributed by atoms with Crippen molar-refractivity contribution in [3.05, 3.63) is 63.3 Å². The zero-order valence-electron chi connectivity index (χ0n) is 22.4. The van der Waals surface area contributed by atoms with Crippen molar-refractivity contribution in [1.82, 2.24) is 15.2 Å². The quantitative estimate of drug-likeness (QED) is 0.207. The van der Waals surface area contributed by atoms with E-state index >= 15 is 4.39 Å². The van der Waals surface area contributed by atoms with Crippen LogP contribution in [0.25, 0.3) is 10.8 Å². The Morgan fingerprint density at radius 3 is 2.60 bits per heavy atom. The second kappa shape index (κ2) is 10.8. The molecule has 212 valence electrons. The van der Waals surface area contributed by atoms with Crippen LogP contribution in [0.15, 0.2) is 34.7 Å². The first-order valence-corrected chi connectivity index (χ1v) is 13.9. The summed E-state index contributed by atoms with van der Waals surface area (Å²) in [7, 11) is 0. The average Bonchev–Trinajstić information content (AvgIpc) is 3.51. The molecule has 1 saturated heterocycles. The van der Waals surface area contributed by atoms with Crippen LogP contribution in [0.3, 0.4) is 0 Å². The number of benzene rings is 2. The van der Waals surface area contributed by atoms with Crippen molar-refractivity contribution in [2.45, 2.75) is 58.5 Å². The number of aromatic nitrogens is 3. The van der Waals surface area contributed by atoms with E-state index in [9.17, 15) is 0 Å². The van der Waals surface area contributed by atoms with E-state index in [-0.39, 0.29) is 53.0 Å². The molecule has 4 aromatic rings. The first-order valence-electron chi connectivity index (χ1n) is 12.3. The number of halogens is 3. The van der Waals surface area contributed by atoms with Crippen LogP contribution in [-0.4, -0.2) is 39.3 Å². The van der Waals surface area contributed by atoms with E-state index in [1.54, 1.807) is 6.07 Å². The molecule has 13 heteroatoms. The highest BCUT2D eigenvalue weighted by atomic mass is 35.5. The highest BCUT2D eigenvalue weighted by Crippen LogP contribution is 2.39. The number of ether oxygens (including phenoxy) is 4. The minimum absolute atomic E-state index is 0.00907. The van der Waals surface area contributed by atoms with Crippen molar-refractivity contribution < 1.29 is 27.8 Å². The lowest BCUT2D eigenvalue weighted by molar-refractivity contribution is -0.158. The van der Waals surface area contributed by atoms with Crippen molar-refractivity contribution in [3.8, 4) is 27.5 Å². The van der Waals surface area contributed by atoms with Crippen LogP contribution in [-0.2, 0) is 15.9 Å². The van der Waals surface area contributed by atoms with Gasteiger partial charge in [-0.2, -0.15) is 0 Å². The van der Waals surface area contributed by atoms with E-state index in [2.05, 4.69) is 15.2 Å². The molecule has 1 atom stereocenters. The number of rotatable bonds is 8. The van der Waals surface area contributed by atoms with Gasteiger partial charge in [0.1, 0.15) is 23.3 Å². The van der Waals surface area contributed by atoms with Gasteiger partial charge in [-0.25, -0.2) is 9.37 Å². The molecule has 1 fully saturated rings. The molecule has 0 radical (unpaired) electrons. The molecule has 0 amide bonds. The molecule has 1 aliphatic rings. The third-order valence-electron chi connectivity index (χ3n) is 6.09. The maximum absolute atomic E-state index is 15.4. The van der Waals surface area contributed by atoms with E-state index < -0.39 is 17.2 Å². The topological polar surface area (TPSA) is 115 Å². The fraction of sp³-hybridized carbons (Fsp3) is 0.370. The molecule has 0 saturated carbocycles. The number of hydrogen-bond acceptors (Lipinski definition) is 10. The molecular weight excluding hydrogens is 582 g/mol. The number of thiazole rings is 1. The zero-order chi connectivity index (χ0) is 28.8. The monoisotopic (exact) mass is 608 g/mol. The van der Waals surface area contributed by atoms with Crippen molar-refractivity contribution in [2.75, 3.05) is 12.3 Å². The minimum Gasteiger partial charge on any atom is -0.467 e. The average molecular weight is 610 g/mol. The smallest absolute Gasteiger partial charge is 0.274 e. The lowest BCUT2D eigenvalue weighted by atomic mass is 10.0. The standard InChI is InChI=1S/C27H27Cl2FN4O5S/c1-13-23(40-25(32-13)35-12-19-26(2,3)39-27(4,5)38-19)24-34-33-20(37-24)8-14-6-7-18(29)22(21(14)30)36-17-10-15(28)9-16(31)11-17/h6-7,9-11,19H,8,12,31H2,1-5H3/t19-/m0/s1. The maximum Gasteiger partial charge on any atom is 0.274 e. The van der Waals surface area contributed by atoms with Crippen LogP contribution in [0.1, 0.15) is 44.8 Å². The van der Waals surface area contributed by atoms with Crippen molar-refractivity contribution in [2.24, 2.45) is 0 Å². The Kier molecular flexibility index (Phi) is 7.71. The first kappa shape index (κ1) is 28.6. The molecule has 1 aliphatic heterocycles. The predicted octanol–water partition coefficient (Wildman–Crippen LogP) is 7.22. The number of hydrogen-bond donors (Lipinski definition) is 1. The van der Waals surface area contributed by atoms with Gasteiger partial charge in [0.05, 0.1) is 22.7 Å². The van der Waals surface area contributed by atoms with Crippen LogP contribution in [0.4, 0.5) is 10.1 Å². The Hall–Kier alpha value is -2.96. The maximum atomic E-state index is 15.4. The highest BCUT2D eigenvalue weighted by Gasteiger charge is 2.47. The second-order valence-electron chi connectivity index (χ2n) is 10.3. The van der Waals surface area contributed by atoms with Crippen molar-refractivity contribution in [1.29, 1.82) is 0 Å². The lowest BCUT2D eigenvalue weighted by Gasteiger charge is -2.23. The van der Waals surface area contributed by atoms with Gasteiger partial charge in [-0.3, -0.25) is 0 Å². The van der Waals surface area contributed by atoms with E-state index in [0.717, 1.165) is 0 Å². The van der Waals surface area contributed by atoms with Crippen LogP contribution in [0, 0.1) is 12.7 Å². The summed E-state index contributed by atoms with van der Waals surface area (Å²) in [5.41, 5.74) is 6.58. The fourth-order valence-corrected chi connectivity index (χ4v) is 5.63. The van der Waals surface area contributed by atoms with Gasteiger partial charge in [0.15, 0.2) is 17.4 Å². The Labute approximate surface area is 244 Å². The third kappa shape index (κ3) is 6.18. The highest BCUT2D eigenvalue weighted by molar-refractivity contribution is 7.16. The van der Waals surface area contributed by atoms with Gasteiger partial charge in [-0.15, -0.1) is 10.2 Å². The Balaban J connectivity index is 1.29. The molecule has 5 rings (SSSR count). The van der Waals surface area contributed by atoms with E-state index in [1.165, 1.54) is 35.6 Å². The number of nitrogens with two attached hydrogens (primary N) is 1. The normalized spacial score (nSPS) is 17.8. The van der Waals surface area contributed by atoms with Gasteiger partial charge in [0, 0.05) is 22.3 Å². The summed E-state index contributed by atoms with van der Waals surface area (Å²) in [6, 6.07) is 7.64. The van der Waals surface area contributed by atoms with Gasteiger partial charge in [0.25, 0.3) is 11.1 Å². The molecule has 0 spiro atoms. The van der Waals surface area contributed by atoms with Gasteiger partial charge < -0.3 is 29.1 Å². The number of nitrogen functional groups attached to an aromatic ring is 1. The zero-order valence-corrected chi connectivity index (χ0v) is 24.7. The number of anilines is 1. The summed E-state index contributed by atoms with van der Waals surface area (Å²) in [5.74, 6) is -0.821. The molecule has 2 aromatic carbocycles. The summed E-state index contributed by atoms with van der Waals surface area (Å²) < 4.78 is 44.8. The van der Waals surface area contributed by atoms with Crippen LogP contribution < -0.4 is 15.2 Å². The lowest BCUT2D eigenvalue weighted by Crippen LogP contribution is -2.37. The molecule has 2 aromatic heterocycles. The SMILES string of the molecule is Cc1nc(OC[C@@H]2OC(C)(C)OC2(C)C)sc1-c1nnc(Cc2ccc(Cl)c(Oc3cc(N)cc(Cl)c3)c2F)o1. The summed E-state index contributed by atoms with van der Waals surface area (Å²) in [6.07, 6.45) is -0.265. The summed E-state index contributed by atoms with van der Waals surface area (Å²) >= 11 is 13.5. The van der Waals surface area contributed by atoms with E-state index in [4.69, 9.17) is 52.3 Å². The van der Waals surface area contributed by atoms with Crippen molar-refractivity contribution in [3.63, 3.8) is 0 Å². The first-order chi connectivity index (χ1) is 18.8. The van der Waals surface area contributed by atoms with Crippen molar-refractivity contribution >= 4 is 40.2 Å². The van der Waals surface area contributed by atoms with E-state index in [0.29, 0.717) is 26.5 Å². The summed E-state index contributed by atoms with van der Waals surface area (Å²) in [4.78, 5) is 5.12. The van der Waals surface area contributed by atoms with Crippen LogP contribution in [0.5, 0.6) is 16.7 Å². The van der Waals surface area contributed by atoms with Gasteiger partial charge in [0.2, 0.25) is 5.89 Å². The van der Waals surface area contributed by atoms with Gasteiger partial charge >= 0.3 is 0 Å². The van der Waals surface area contributed by atoms with Gasteiger partial charge in [-0.05, 0) is 52.8 Å². The molecule has 0 bridgehead atoms. The van der Waals surface area contributed by atoms with Crippen LogP contribution in [0.2, 0.25) is 10.0 Å². The third-order valence-corrected chi connectivity index (χ3v) is 7.66. The number of aryl methyl sites for hydroxylation is 1. The summed E-state index contributed by atoms with van der Waals surface area (Å²) in [5, 5.41) is 9.10. The van der Waals surface area contributed by atoms with E-state index in [1.807, 2.05) is 34.6 Å². The Morgan fingerprint density at radius 2 is 1.90 bits per heavy atom. The van der Waals surface area contributed by atoms with Crippen LogP contribution >= 0.6 is 34.5 Å². The molecule has 40 heavy (non-hydrogen) atoms. The fourth-order valence-electron chi connectivity index (χ4n) is 4.37. The molecule has 2 N–H and O–H groups in total. The summed E-state index contributed by atoms with van der Waals surface area (Å²) in [6.45, 7) is 9.73. The number of nitrogens with zero attached hydrogens (tertiary/aromatic N) is 3. The second-order valence-corrected chi connectivity index (χ2v) is 12.1. The largest absolute Gasteiger partial charge is 0.467 e.